The molecule has 3 rings (SSSR count). The Hall–Kier alpha value is -1.59. The van der Waals surface area contributed by atoms with Crippen LogP contribution < -0.4 is 5.32 Å². The number of nitrogens with one attached hydrogen (secondary N) is 2. The fraction of sp³-hybridized carbons (Fsp3) is 0. The molecule has 0 fully saturated rings. The summed E-state index contributed by atoms with van der Waals surface area (Å²) in [6, 6.07) is 5.62. The first kappa shape index (κ1) is 11.5. The van der Waals surface area contributed by atoms with Crippen molar-refractivity contribution in [3.8, 4) is 0 Å². The topological polar surface area (TPSA) is 62.0 Å². The van der Waals surface area contributed by atoms with Gasteiger partial charge in [-0.2, -0.15) is 0 Å². The summed E-state index contributed by atoms with van der Waals surface area (Å²) in [5.41, 5.74) is 1.69. The van der Waals surface area contributed by atoms with Gasteiger partial charge < -0.3 is 4.98 Å². The molecule has 4 nitrogen and oxygen atoms in total. The zero-order valence-corrected chi connectivity index (χ0v) is 11.2. The number of amides is 2. The highest BCUT2D eigenvalue weighted by Gasteiger charge is 2.31. The van der Waals surface area contributed by atoms with Gasteiger partial charge in [0.15, 0.2) is 0 Å². The summed E-state index contributed by atoms with van der Waals surface area (Å²) in [4.78, 5) is 26.2. The highest BCUT2D eigenvalue weighted by Crippen LogP contribution is 2.35. The molecule has 0 saturated heterocycles. The number of imide groups is 1. The third-order valence-electron chi connectivity index (χ3n) is 2.80. The van der Waals surface area contributed by atoms with Crippen molar-refractivity contribution in [3.63, 3.8) is 0 Å². The number of aromatic nitrogens is 1. The van der Waals surface area contributed by atoms with E-state index in [9.17, 15) is 9.59 Å². The van der Waals surface area contributed by atoms with E-state index in [0.717, 1.165) is 15.4 Å². The number of benzene rings is 1. The minimum absolute atomic E-state index is 0.0725. The van der Waals surface area contributed by atoms with Crippen molar-refractivity contribution < 1.29 is 9.59 Å². The first-order valence-corrected chi connectivity index (χ1v) is 6.28. The molecule has 0 aliphatic carbocycles. The Morgan fingerprint density at radius 3 is 2.61 bits per heavy atom. The number of carbonyl (C=O) groups is 2. The van der Waals surface area contributed by atoms with Crippen LogP contribution in [0.1, 0.15) is 5.56 Å². The van der Waals surface area contributed by atoms with Gasteiger partial charge in [0.2, 0.25) is 0 Å². The fourth-order valence-electron chi connectivity index (χ4n) is 2.01. The standard InChI is InChI=1S/C12H6BrClN2O2/c13-6-2-1-3-7-8(6)5(4-15-7)9-10(14)12(18)16-11(9)17/h1-4,15H,(H,16,17,18). The molecule has 0 bridgehead atoms. The first-order valence-electron chi connectivity index (χ1n) is 5.11. The molecule has 0 spiro atoms. The molecule has 6 heteroatoms. The minimum Gasteiger partial charge on any atom is -0.361 e. The van der Waals surface area contributed by atoms with Gasteiger partial charge in [-0.25, -0.2) is 0 Å². The monoisotopic (exact) mass is 324 g/mol. The van der Waals surface area contributed by atoms with E-state index in [2.05, 4.69) is 26.2 Å². The van der Waals surface area contributed by atoms with Gasteiger partial charge in [-0.05, 0) is 12.1 Å². The Morgan fingerprint density at radius 1 is 1.17 bits per heavy atom. The third-order valence-corrected chi connectivity index (χ3v) is 3.82. The van der Waals surface area contributed by atoms with Crippen molar-refractivity contribution >= 4 is 55.8 Å². The van der Waals surface area contributed by atoms with Crippen molar-refractivity contribution in [1.29, 1.82) is 0 Å². The number of fused-ring (bicyclic) bond motifs is 1. The van der Waals surface area contributed by atoms with E-state index < -0.39 is 11.8 Å². The van der Waals surface area contributed by atoms with E-state index >= 15 is 0 Å². The van der Waals surface area contributed by atoms with Crippen molar-refractivity contribution in [3.05, 3.63) is 39.5 Å². The molecule has 90 valence electrons. The second-order valence-corrected chi connectivity index (χ2v) is 5.07. The zero-order valence-electron chi connectivity index (χ0n) is 8.88. The molecule has 1 aliphatic rings. The van der Waals surface area contributed by atoms with Gasteiger partial charge in [-0.1, -0.05) is 33.6 Å². The Balaban J connectivity index is 2.34. The maximum absolute atomic E-state index is 11.7. The highest BCUT2D eigenvalue weighted by molar-refractivity contribution is 9.10. The Kier molecular flexibility index (Phi) is 2.53. The van der Waals surface area contributed by atoms with Crippen LogP contribution in [-0.4, -0.2) is 16.8 Å². The molecular formula is C12H6BrClN2O2. The number of H-pyrrole nitrogens is 1. The van der Waals surface area contributed by atoms with Crippen LogP contribution in [0.5, 0.6) is 0 Å². The van der Waals surface area contributed by atoms with Crippen LogP contribution in [0.3, 0.4) is 0 Å². The van der Waals surface area contributed by atoms with Crippen LogP contribution in [0.25, 0.3) is 16.5 Å². The summed E-state index contributed by atoms with van der Waals surface area (Å²) in [5, 5.41) is 2.93. The van der Waals surface area contributed by atoms with Crippen molar-refractivity contribution in [1.82, 2.24) is 10.3 Å². The van der Waals surface area contributed by atoms with Crippen molar-refractivity contribution in [2.45, 2.75) is 0 Å². The smallest absolute Gasteiger partial charge is 0.270 e. The molecule has 2 N–H and O–H groups in total. The van der Waals surface area contributed by atoms with Crippen LogP contribution in [0.15, 0.2) is 33.9 Å². The predicted molar refractivity (Wildman–Crippen MR) is 71.9 cm³/mol. The number of hydrogen-bond acceptors (Lipinski definition) is 2. The maximum atomic E-state index is 11.7. The fourth-order valence-corrected chi connectivity index (χ4v) is 2.83. The van der Waals surface area contributed by atoms with E-state index in [1.54, 1.807) is 6.20 Å². The molecule has 2 heterocycles. The van der Waals surface area contributed by atoms with E-state index in [0.29, 0.717) is 5.56 Å². The second-order valence-electron chi connectivity index (χ2n) is 3.84. The number of hydrogen-bond donors (Lipinski definition) is 2. The molecule has 0 atom stereocenters. The van der Waals surface area contributed by atoms with Crippen LogP contribution in [0, 0.1) is 0 Å². The van der Waals surface area contributed by atoms with Gasteiger partial charge in [-0.3, -0.25) is 14.9 Å². The highest BCUT2D eigenvalue weighted by atomic mass is 79.9. The summed E-state index contributed by atoms with van der Waals surface area (Å²) < 4.78 is 0.834. The number of rotatable bonds is 1. The van der Waals surface area contributed by atoms with Gasteiger partial charge in [0.05, 0.1) is 5.57 Å². The van der Waals surface area contributed by atoms with Gasteiger partial charge >= 0.3 is 0 Å². The lowest BCUT2D eigenvalue weighted by Gasteiger charge is -2.00. The number of carbonyl (C=O) groups excluding carboxylic acids is 2. The van der Waals surface area contributed by atoms with Gasteiger partial charge in [-0.15, -0.1) is 0 Å². The lowest BCUT2D eigenvalue weighted by atomic mass is 10.1. The average molecular weight is 326 g/mol. The van der Waals surface area contributed by atoms with Crippen LogP contribution in [0.2, 0.25) is 0 Å². The Labute approximate surface area is 115 Å². The van der Waals surface area contributed by atoms with E-state index in [1.807, 2.05) is 18.2 Å². The maximum Gasteiger partial charge on any atom is 0.270 e. The molecule has 1 aromatic heterocycles. The normalized spacial score (nSPS) is 15.7. The van der Waals surface area contributed by atoms with Crippen molar-refractivity contribution in [2.75, 3.05) is 0 Å². The molecule has 0 unspecified atom stereocenters. The van der Waals surface area contributed by atoms with Gasteiger partial charge in [0.1, 0.15) is 5.03 Å². The quantitative estimate of drug-likeness (QED) is 0.792. The Bertz CT molecular complexity index is 733. The molecule has 0 radical (unpaired) electrons. The first-order chi connectivity index (χ1) is 8.59. The van der Waals surface area contributed by atoms with Crippen LogP contribution in [0.4, 0.5) is 0 Å². The average Bonchev–Trinajstić information content (AvgIpc) is 2.83. The van der Waals surface area contributed by atoms with Gasteiger partial charge in [0.25, 0.3) is 11.8 Å². The largest absolute Gasteiger partial charge is 0.361 e. The summed E-state index contributed by atoms with van der Waals surface area (Å²) in [6.07, 6.45) is 1.67. The molecular weight excluding hydrogens is 320 g/mol. The van der Waals surface area contributed by atoms with Gasteiger partial charge in [0, 0.05) is 27.1 Å². The van der Waals surface area contributed by atoms with Crippen LogP contribution >= 0.6 is 27.5 Å². The predicted octanol–water partition coefficient (Wildman–Crippen LogP) is 2.54. The summed E-state index contributed by atoms with van der Waals surface area (Å²) in [7, 11) is 0. The van der Waals surface area contributed by atoms with Crippen molar-refractivity contribution in [2.24, 2.45) is 0 Å². The lowest BCUT2D eigenvalue weighted by Crippen LogP contribution is -2.22. The summed E-state index contributed by atoms with van der Waals surface area (Å²) in [5.74, 6) is -1.03. The van der Waals surface area contributed by atoms with E-state index in [4.69, 9.17) is 11.6 Å². The Morgan fingerprint density at radius 2 is 1.94 bits per heavy atom. The molecule has 1 aliphatic heterocycles. The third kappa shape index (κ3) is 1.51. The molecule has 18 heavy (non-hydrogen) atoms. The SMILES string of the molecule is O=C1NC(=O)C(c2c[nH]c3cccc(Br)c23)=C1Cl. The summed E-state index contributed by atoms with van der Waals surface area (Å²) >= 11 is 9.31. The second kappa shape index (κ2) is 3.96. The molecule has 0 saturated carbocycles. The molecule has 2 amide bonds. The summed E-state index contributed by atoms with van der Waals surface area (Å²) in [6.45, 7) is 0. The molecule has 1 aromatic carbocycles. The minimum atomic E-state index is -0.557. The zero-order chi connectivity index (χ0) is 12.9. The molecule has 2 aromatic rings. The van der Waals surface area contributed by atoms with E-state index in [1.165, 1.54) is 0 Å². The van der Waals surface area contributed by atoms with Crippen LogP contribution in [-0.2, 0) is 9.59 Å². The number of aromatic amines is 1. The number of halogens is 2. The lowest BCUT2D eigenvalue weighted by molar-refractivity contribution is -0.123. The van der Waals surface area contributed by atoms with E-state index in [-0.39, 0.29) is 10.6 Å².